The van der Waals surface area contributed by atoms with Crippen molar-refractivity contribution >= 4 is 5.97 Å². The first-order valence-electron chi connectivity index (χ1n) is 6.58. The summed E-state index contributed by atoms with van der Waals surface area (Å²) in [5.74, 6) is 4.65. The molecule has 0 aliphatic rings. The van der Waals surface area contributed by atoms with Crippen LogP contribution in [0.25, 0.3) is 0 Å². The standard InChI is InChI=1S/C16H21NO3/c1-12(2)14(15(18)19)17-11-16(3,20)10-9-13-7-5-4-6-8-13/h4-8,12,14,17,20H,11H2,1-3H3,(H,18,19). The summed E-state index contributed by atoms with van der Waals surface area (Å²) in [6, 6.07) is 8.65. The molecule has 0 aliphatic carbocycles. The molecule has 2 unspecified atom stereocenters. The van der Waals surface area contributed by atoms with E-state index in [1.165, 1.54) is 0 Å². The zero-order chi connectivity index (χ0) is 15.2. The molecule has 0 saturated carbocycles. The van der Waals surface area contributed by atoms with Gasteiger partial charge in [-0.2, -0.15) is 0 Å². The van der Waals surface area contributed by atoms with Crippen LogP contribution in [0.4, 0.5) is 0 Å². The molecule has 4 nitrogen and oxygen atoms in total. The van der Waals surface area contributed by atoms with E-state index in [2.05, 4.69) is 17.2 Å². The highest BCUT2D eigenvalue weighted by molar-refractivity contribution is 5.73. The number of benzene rings is 1. The molecular formula is C16H21NO3. The van der Waals surface area contributed by atoms with Crippen molar-refractivity contribution in [3.05, 3.63) is 35.9 Å². The Kier molecular flexibility index (Phi) is 5.75. The topological polar surface area (TPSA) is 69.6 Å². The summed E-state index contributed by atoms with van der Waals surface area (Å²) in [4.78, 5) is 11.1. The number of carboxylic acid groups (broad SMARTS) is 1. The summed E-state index contributed by atoms with van der Waals surface area (Å²) in [5, 5.41) is 22.1. The fourth-order valence-corrected chi connectivity index (χ4v) is 1.69. The lowest BCUT2D eigenvalue weighted by Crippen LogP contribution is -2.47. The highest BCUT2D eigenvalue weighted by Crippen LogP contribution is 2.06. The Labute approximate surface area is 119 Å². The molecule has 108 valence electrons. The molecule has 20 heavy (non-hydrogen) atoms. The number of hydrogen-bond acceptors (Lipinski definition) is 3. The maximum atomic E-state index is 11.1. The largest absolute Gasteiger partial charge is 0.480 e. The van der Waals surface area contributed by atoms with Gasteiger partial charge in [0.25, 0.3) is 0 Å². The Morgan fingerprint density at radius 3 is 2.45 bits per heavy atom. The van der Waals surface area contributed by atoms with Crippen LogP contribution in [-0.4, -0.2) is 34.4 Å². The molecular weight excluding hydrogens is 254 g/mol. The van der Waals surface area contributed by atoms with Gasteiger partial charge in [0, 0.05) is 12.1 Å². The van der Waals surface area contributed by atoms with Gasteiger partial charge in [-0.15, -0.1) is 0 Å². The second kappa shape index (κ2) is 7.09. The summed E-state index contributed by atoms with van der Waals surface area (Å²) in [5.41, 5.74) is -0.468. The number of carboxylic acids is 1. The maximum absolute atomic E-state index is 11.1. The first kappa shape index (κ1) is 16.2. The molecule has 0 radical (unpaired) electrons. The van der Waals surface area contributed by atoms with Gasteiger partial charge >= 0.3 is 5.97 Å². The molecule has 0 heterocycles. The third kappa shape index (κ3) is 5.43. The second-order valence-electron chi connectivity index (χ2n) is 5.33. The van der Waals surface area contributed by atoms with Crippen LogP contribution < -0.4 is 5.32 Å². The van der Waals surface area contributed by atoms with Gasteiger partial charge in [-0.3, -0.25) is 4.79 Å². The molecule has 1 rings (SSSR count). The third-order valence-electron chi connectivity index (χ3n) is 2.85. The fourth-order valence-electron chi connectivity index (χ4n) is 1.69. The highest BCUT2D eigenvalue weighted by atomic mass is 16.4. The molecule has 1 aromatic carbocycles. The van der Waals surface area contributed by atoms with Crippen molar-refractivity contribution in [1.82, 2.24) is 5.32 Å². The molecule has 0 fully saturated rings. The Hall–Kier alpha value is -1.83. The molecule has 0 aromatic heterocycles. The van der Waals surface area contributed by atoms with Gasteiger partial charge in [-0.1, -0.05) is 43.9 Å². The monoisotopic (exact) mass is 275 g/mol. The van der Waals surface area contributed by atoms with Crippen LogP contribution in [0.15, 0.2) is 30.3 Å². The van der Waals surface area contributed by atoms with Crippen LogP contribution in [0, 0.1) is 17.8 Å². The molecule has 2 atom stereocenters. The average molecular weight is 275 g/mol. The zero-order valence-electron chi connectivity index (χ0n) is 12.1. The van der Waals surface area contributed by atoms with Crippen LogP contribution in [0.3, 0.4) is 0 Å². The Balaban J connectivity index is 2.66. The summed E-state index contributed by atoms with van der Waals surface area (Å²) in [6.45, 7) is 5.30. The minimum Gasteiger partial charge on any atom is -0.480 e. The van der Waals surface area contributed by atoms with Crippen molar-refractivity contribution in [3.8, 4) is 11.8 Å². The summed E-state index contributed by atoms with van der Waals surface area (Å²) in [7, 11) is 0. The second-order valence-corrected chi connectivity index (χ2v) is 5.33. The zero-order valence-corrected chi connectivity index (χ0v) is 12.1. The van der Waals surface area contributed by atoms with Crippen molar-refractivity contribution in [2.45, 2.75) is 32.4 Å². The molecule has 4 heteroatoms. The molecule has 3 N–H and O–H groups in total. The van der Waals surface area contributed by atoms with E-state index in [1.807, 2.05) is 44.2 Å². The smallest absolute Gasteiger partial charge is 0.320 e. The van der Waals surface area contributed by atoms with E-state index in [4.69, 9.17) is 5.11 Å². The third-order valence-corrected chi connectivity index (χ3v) is 2.85. The number of nitrogens with one attached hydrogen (secondary N) is 1. The predicted octanol–water partition coefficient (Wildman–Crippen LogP) is 1.49. The Morgan fingerprint density at radius 1 is 1.35 bits per heavy atom. The van der Waals surface area contributed by atoms with E-state index in [0.29, 0.717) is 0 Å². The highest BCUT2D eigenvalue weighted by Gasteiger charge is 2.25. The quantitative estimate of drug-likeness (QED) is 0.712. The predicted molar refractivity (Wildman–Crippen MR) is 78.2 cm³/mol. The SMILES string of the molecule is CC(C)C(NCC(C)(O)C#Cc1ccccc1)C(=O)O. The number of hydrogen-bond donors (Lipinski definition) is 3. The van der Waals surface area contributed by atoms with Gasteiger partial charge in [-0.05, 0) is 25.0 Å². The van der Waals surface area contributed by atoms with Gasteiger partial charge in [-0.25, -0.2) is 0 Å². The van der Waals surface area contributed by atoms with Gasteiger partial charge in [0.2, 0.25) is 0 Å². The number of aliphatic carboxylic acids is 1. The number of rotatable bonds is 5. The lowest BCUT2D eigenvalue weighted by atomic mass is 10.0. The summed E-state index contributed by atoms with van der Waals surface area (Å²) in [6.07, 6.45) is 0. The van der Waals surface area contributed by atoms with E-state index < -0.39 is 17.6 Å². The molecule has 0 aliphatic heterocycles. The van der Waals surface area contributed by atoms with Gasteiger partial charge in [0.05, 0.1) is 0 Å². The van der Waals surface area contributed by atoms with Crippen LogP contribution in [0.2, 0.25) is 0 Å². The van der Waals surface area contributed by atoms with E-state index >= 15 is 0 Å². The summed E-state index contributed by atoms with van der Waals surface area (Å²) < 4.78 is 0. The van der Waals surface area contributed by atoms with Crippen molar-refractivity contribution < 1.29 is 15.0 Å². The first-order valence-corrected chi connectivity index (χ1v) is 6.58. The van der Waals surface area contributed by atoms with Gasteiger partial charge < -0.3 is 15.5 Å². The van der Waals surface area contributed by atoms with E-state index in [0.717, 1.165) is 5.56 Å². The van der Waals surface area contributed by atoms with Crippen LogP contribution in [0.5, 0.6) is 0 Å². The maximum Gasteiger partial charge on any atom is 0.320 e. The Bertz CT molecular complexity index is 497. The molecule has 1 aromatic rings. The van der Waals surface area contributed by atoms with Crippen LogP contribution >= 0.6 is 0 Å². The minimum atomic E-state index is -1.28. The number of carbonyl (C=O) groups is 1. The molecule has 0 amide bonds. The van der Waals surface area contributed by atoms with Crippen molar-refractivity contribution in [2.24, 2.45) is 5.92 Å². The first-order chi connectivity index (χ1) is 9.32. The normalized spacial score (nSPS) is 15.1. The van der Waals surface area contributed by atoms with Crippen molar-refractivity contribution in [3.63, 3.8) is 0 Å². The average Bonchev–Trinajstić information content (AvgIpc) is 2.37. The van der Waals surface area contributed by atoms with E-state index in [9.17, 15) is 9.90 Å². The molecule has 0 bridgehead atoms. The number of aliphatic hydroxyl groups is 1. The molecule has 0 spiro atoms. The van der Waals surface area contributed by atoms with Crippen LogP contribution in [-0.2, 0) is 4.79 Å². The minimum absolute atomic E-state index is 0.0645. The lowest BCUT2D eigenvalue weighted by molar-refractivity contribution is -0.140. The summed E-state index contributed by atoms with van der Waals surface area (Å²) >= 11 is 0. The molecule has 0 saturated heterocycles. The fraction of sp³-hybridized carbons (Fsp3) is 0.438. The van der Waals surface area contributed by atoms with Crippen molar-refractivity contribution in [2.75, 3.05) is 6.54 Å². The van der Waals surface area contributed by atoms with Gasteiger partial charge in [0.15, 0.2) is 0 Å². The lowest BCUT2D eigenvalue weighted by Gasteiger charge is -2.23. The Morgan fingerprint density at radius 2 is 1.95 bits per heavy atom. The van der Waals surface area contributed by atoms with E-state index in [-0.39, 0.29) is 12.5 Å². The van der Waals surface area contributed by atoms with E-state index in [1.54, 1.807) is 6.92 Å². The van der Waals surface area contributed by atoms with Crippen molar-refractivity contribution in [1.29, 1.82) is 0 Å². The van der Waals surface area contributed by atoms with Crippen LogP contribution in [0.1, 0.15) is 26.3 Å². The van der Waals surface area contributed by atoms with Gasteiger partial charge in [0.1, 0.15) is 11.6 Å².